The van der Waals surface area contributed by atoms with Gasteiger partial charge in [-0.25, -0.2) is 4.39 Å². The van der Waals surface area contributed by atoms with Crippen molar-refractivity contribution >= 4 is 37.8 Å². The smallest absolute Gasteiger partial charge is 0.257 e. The van der Waals surface area contributed by atoms with Crippen molar-refractivity contribution in [1.82, 2.24) is 4.90 Å². The summed E-state index contributed by atoms with van der Waals surface area (Å²) in [7, 11) is 0. The molecule has 1 saturated heterocycles. The van der Waals surface area contributed by atoms with E-state index in [1.54, 1.807) is 23.1 Å². The fourth-order valence-corrected chi connectivity index (χ4v) is 3.29. The molecule has 0 N–H and O–H groups in total. The lowest BCUT2D eigenvalue weighted by Crippen LogP contribution is -2.44. The molecular weight excluding hydrogens is 365 g/mol. The van der Waals surface area contributed by atoms with Crippen LogP contribution in [-0.4, -0.2) is 28.7 Å². The molecule has 1 aliphatic heterocycles. The van der Waals surface area contributed by atoms with Gasteiger partial charge >= 0.3 is 0 Å². The van der Waals surface area contributed by atoms with Gasteiger partial charge in [0.1, 0.15) is 5.82 Å². The number of carbonyl (C=O) groups excluding carboxylic acids is 1. The number of hydrogen-bond acceptors (Lipinski definition) is 1. The molecule has 0 bridgehead atoms. The van der Waals surface area contributed by atoms with Gasteiger partial charge in [0.25, 0.3) is 5.91 Å². The maximum absolute atomic E-state index is 13.9. The third kappa shape index (κ3) is 2.77. The van der Waals surface area contributed by atoms with Gasteiger partial charge in [0.15, 0.2) is 0 Å². The second-order valence-corrected chi connectivity index (χ2v) is 5.91. The minimum absolute atomic E-state index is 0.150. The van der Waals surface area contributed by atoms with E-state index in [-0.39, 0.29) is 17.5 Å². The van der Waals surface area contributed by atoms with Crippen molar-refractivity contribution < 1.29 is 9.18 Å². The van der Waals surface area contributed by atoms with Crippen LogP contribution >= 0.6 is 31.9 Å². The normalized spacial score (nSPS) is 19.9. The van der Waals surface area contributed by atoms with Crippen LogP contribution in [0, 0.1) is 5.82 Å². The van der Waals surface area contributed by atoms with E-state index in [0.717, 1.165) is 24.6 Å². The van der Waals surface area contributed by atoms with E-state index in [1.807, 2.05) is 0 Å². The van der Waals surface area contributed by atoms with E-state index in [2.05, 4.69) is 31.9 Å². The van der Waals surface area contributed by atoms with E-state index < -0.39 is 5.82 Å². The van der Waals surface area contributed by atoms with Crippen LogP contribution in [0.5, 0.6) is 0 Å². The highest BCUT2D eigenvalue weighted by atomic mass is 79.9. The van der Waals surface area contributed by atoms with Crippen LogP contribution in [0.25, 0.3) is 0 Å². The van der Waals surface area contributed by atoms with Gasteiger partial charge < -0.3 is 4.90 Å². The van der Waals surface area contributed by atoms with Crippen molar-refractivity contribution in [3.8, 4) is 0 Å². The highest BCUT2D eigenvalue weighted by Gasteiger charge is 2.28. The molecule has 2 rings (SSSR count). The highest BCUT2D eigenvalue weighted by molar-refractivity contribution is 9.10. The number of hydrogen-bond donors (Lipinski definition) is 0. The number of nitrogens with zero attached hydrogens (tertiary/aromatic N) is 1. The first-order valence-electron chi connectivity index (χ1n) is 5.96. The second-order valence-electron chi connectivity index (χ2n) is 4.40. The topological polar surface area (TPSA) is 20.3 Å². The van der Waals surface area contributed by atoms with Gasteiger partial charge in [-0.2, -0.15) is 0 Å². The minimum Gasteiger partial charge on any atom is -0.335 e. The maximum Gasteiger partial charge on any atom is 0.257 e. The molecule has 1 fully saturated rings. The number of rotatable bonds is 2. The molecule has 1 unspecified atom stereocenters. The lowest BCUT2D eigenvalue weighted by Gasteiger charge is -2.34. The molecule has 18 heavy (non-hydrogen) atoms. The Kier molecular flexibility index (Phi) is 4.78. The van der Waals surface area contributed by atoms with E-state index in [1.165, 1.54) is 0 Å². The summed E-state index contributed by atoms with van der Waals surface area (Å²) >= 11 is 6.54. The van der Waals surface area contributed by atoms with E-state index in [4.69, 9.17) is 0 Å². The lowest BCUT2D eigenvalue weighted by molar-refractivity contribution is 0.0637. The van der Waals surface area contributed by atoms with Crippen LogP contribution in [0.1, 0.15) is 29.6 Å². The van der Waals surface area contributed by atoms with Crippen LogP contribution < -0.4 is 0 Å². The van der Waals surface area contributed by atoms with E-state index in [9.17, 15) is 9.18 Å². The van der Waals surface area contributed by atoms with Gasteiger partial charge in [-0.15, -0.1) is 0 Å². The Morgan fingerprint density at radius 1 is 1.44 bits per heavy atom. The molecule has 1 atom stereocenters. The molecule has 1 amide bonds. The largest absolute Gasteiger partial charge is 0.335 e. The first-order chi connectivity index (χ1) is 8.65. The Bertz CT molecular complexity index is 453. The summed E-state index contributed by atoms with van der Waals surface area (Å²) in [6.07, 6.45) is 3.10. The van der Waals surface area contributed by atoms with Crippen molar-refractivity contribution in [3.63, 3.8) is 0 Å². The molecule has 0 aromatic heterocycles. The summed E-state index contributed by atoms with van der Waals surface area (Å²) < 4.78 is 14.3. The molecule has 2 nitrogen and oxygen atoms in total. The molecule has 1 aromatic carbocycles. The lowest BCUT2D eigenvalue weighted by atomic mass is 10.0. The Balaban J connectivity index is 2.27. The van der Waals surface area contributed by atoms with Crippen molar-refractivity contribution in [1.29, 1.82) is 0 Å². The first kappa shape index (κ1) is 14.0. The fraction of sp³-hybridized carbons (Fsp3) is 0.462. The average Bonchev–Trinajstić information content (AvgIpc) is 2.41. The van der Waals surface area contributed by atoms with Gasteiger partial charge in [0.2, 0.25) is 0 Å². The summed E-state index contributed by atoms with van der Waals surface area (Å²) in [6.45, 7) is 0.709. The molecule has 98 valence electrons. The molecule has 5 heteroatoms. The van der Waals surface area contributed by atoms with Gasteiger partial charge in [-0.3, -0.25) is 4.79 Å². The summed E-state index contributed by atoms with van der Waals surface area (Å²) in [5.41, 5.74) is 0.150. The Labute approximate surface area is 123 Å². The Hall–Kier alpha value is -0.420. The third-order valence-corrected chi connectivity index (χ3v) is 4.61. The second kappa shape index (κ2) is 6.15. The molecule has 1 heterocycles. The van der Waals surface area contributed by atoms with Crippen molar-refractivity contribution in [3.05, 3.63) is 34.1 Å². The van der Waals surface area contributed by atoms with Crippen molar-refractivity contribution in [2.75, 3.05) is 11.9 Å². The number of carbonyl (C=O) groups is 1. The molecule has 1 aliphatic rings. The van der Waals surface area contributed by atoms with Crippen LogP contribution in [0.3, 0.4) is 0 Å². The molecule has 0 aliphatic carbocycles. The summed E-state index contributed by atoms with van der Waals surface area (Å²) in [4.78, 5) is 14.2. The van der Waals surface area contributed by atoms with Crippen LogP contribution in [-0.2, 0) is 0 Å². The zero-order chi connectivity index (χ0) is 13.1. The van der Waals surface area contributed by atoms with Gasteiger partial charge in [0.05, 0.1) is 10.0 Å². The molecule has 0 radical (unpaired) electrons. The number of amides is 1. The standard InChI is InChI=1S/C13H14Br2FNO/c14-8-9-4-1-2-7-17(9)13(18)10-5-3-6-11(15)12(10)16/h3,5-6,9H,1-2,4,7-8H2. The summed E-state index contributed by atoms with van der Waals surface area (Å²) in [6, 6.07) is 5.00. The molecule has 0 saturated carbocycles. The number of halogens is 3. The summed E-state index contributed by atoms with van der Waals surface area (Å²) in [5.74, 6) is -0.681. The first-order valence-corrected chi connectivity index (χ1v) is 7.87. The van der Waals surface area contributed by atoms with Crippen molar-refractivity contribution in [2.24, 2.45) is 0 Å². The zero-order valence-electron chi connectivity index (χ0n) is 9.83. The quantitative estimate of drug-likeness (QED) is 0.713. The molecule has 1 aromatic rings. The Morgan fingerprint density at radius 2 is 2.22 bits per heavy atom. The average molecular weight is 379 g/mol. The van der Waals surface area contributed by atoms with Crippen LogP contribution in [0.15, 0.2) is 22.7 Å². The van der Waals surface area contributed by atoms with Gasteiger partial charge in [-0.1, -0.05) is 22.0 Å². The van der Waals surface area contributed by atoms with Crippen LogP contribution in [0.4, 0.5) is 4.39 Å². The molecular formula is C13H14Br2FNO. The number of piperidine rings is 1. The Morgan fingerprint density at radius 3 is 2.94 bits per heavy atom. The predicted molar refractivity (Wildman–Crippen MR) is 76.6 cm³/mol. The van der Waals surface area contributed by atoms with Crippen molar-refractivity contribution in [2.45, 2.75) is 25.3 Å². The number of alkyl halides is 1. The van der Waals surface area contributed by atoms with E-state index >= 15 is 0 Å². The zero-order valence-corrected chi connectivity index (χ0v) is 13.0. The third-order valence-electron chi connectivity index (χ3n) is 3.25. The highest BCUT2D eigenvalue weighted by Crippen LogP contribution is 2.24. The molecule has 0 spiro atoms. The number of benzene rings is 1. The fourth-order valence-electron chi connectivity index (χ4n) is 2.25. The van der Waals surface area contributed by atoms with Crippen LogP contribution in [0.2, 0.25) is 0 Å². The van der Waals surface area contributed by atoms with Gasteiger partial charge in [-0.05, 0) is 47.3 Å². The minimum atomic E-state index is -0.471. The predicted octanol–water partition coefficient (Wildman–Crippen LogP) is 3.98. The maximum atomic E-state index is 13.9. The number of likely N-dealkylation sites (tertiary alicyclic amines) is 1. The SMILES string of the molecule is O=C(c1cccc(Br)c1F)N1CCCCC1CBr. The monoisotopic (exact) mass is 377 g/mol. The van der Waals surface area contributed by atoms with E-state index in [0.29, 0.717) is 11.0 Å². The summed E-state index contributed by atoms with van der Waals surface area (Å²) in [5, 5.41) is 0.744. The van der Waals surface area contributed by atoms with Gasteiger partial charge in [0, 0.05) is 17.9 Å².